The molecule has 0 radical (unpaired) electrons. The molecule has 1 N–H and O–H groups in total. The van der Waals surface area contributed by atoms with Crippen molar-refractivity contribution < 1.29 is 19.4 Å². The van der Waals surface area contributed by atoms with Crippen molar-refractivity contribution in [3.63, 3.8) is 0 Å². The lowest BCUT2D eigenvalue weighted by atomic mass is 10.0. The van der Waals surface area contributed by atoms with E-state index in [0.29, 0.717) is 30.3 Å². The molecule has 0 spiro atoms. The highest BCUT2D eigenvalue weighted by atomic mass is 16.5. The zero-order valence-electron chi connectivity index (χ0n) is 12.8. The molecule has 116 valence electrons. The summed E-state index contributed by atoms with van der Waals surface area (Å²) in [6.45, 7) is 5.06. The van der Waals surface area contributed by atoms with Gasteiger partial charge in [-0.15, -0.1) is 0 Å². The number of phenolic OH excluding ortho intramolecular Hbond substituents is 1. The van der Waals surface area contributed by atoms with Gasteiger partial charge in [-0.1, -0.05) is 6.92 Å². The molecule has 0 bridgehead atoms. The van der Waals surface area contributed by atoms with Gasteiger partial charge in [0.25, 0.3) is 0 Å². The van der Waals surface area contributed by atoms with E-state index >= 15 is 0 Å². The van der Waals surface area contributed by atoms with E-state index < -0.39 is 0 Å². The Labute approximate surface area is 130 Å². The molecule has 0 heterocycles. The highest BCUT2D eigenvalue weighted by Gasteiger charge is 2.14. The number of carbonyl (C=O) groups excluding carboxylic acids is 1. The van der Waals surface area contributed by atoms with E-state index in [1.54, 1.807) is 36.4 Å². The van der Waals surface area contributed by atoms with Gasteiger partial charge in [-0.05, 0) is 49.7 Å². The summed E-state index contributed by atoms with van der Waals surface area (Å²) in [5, 5.41) is 10.0. The van der Waals surface area contributed by atoms with Gasteiger partial charge in [0.05, 0.1) is 18.8 Å². The molecular formula is C18H20O4. The Bertz CT molecular complexity index is 632. The Morgan fingerprint density at radius 1 is 1.00 bits per heavy atom. The summed E-state index contributed by atoms with van der Waals surface area (Å²) in [4.78, 5) is 12.4. The lowest BCUT2D eigenvalue weighted by Gasteiger charge is -2.09. The molecule has 4 heteroatoms. The molecule has 0 fully saturated rings. The number of ether oxygens (including phenoxy) is 2. The molecule has 2 aromatic carbocycles. The molecule has 0 atom stereocenters. The van der Waals surface area contributed by atoms with Crippen molar-refractivity contribution in [1.29, 1.82) is 0 Å². The van der Waals surface area contributed by atoms with Crippen LogP contribution in [-0.2, 0) is 0 Å². The van der Waals surface area contributed by atoms with Crippen LogP contribution in [0.3, 0.4) is 0 Å². The SMILES string of the molecule is CCCOc1ccc(C(=O)c2ccc(OCC)cc2)c(O)c1. The summed E-state index contributed by atoms with van der Waals surface area (Å²) < 4.78 is 10.8. The zero-order chi connectivity index (χ0) is 15.9. The van der Waals surface area contributed by atoms with E-state index in [1.165, 1.54) is 6.07 Å². The summed E-state index contributed by atoms with van der Waals surface area (Å²) in [7, 11) is 0. The third-order valence-electron chi connectivity index (χ3n) is 3.11. The normalized spacial score (nSPS) is 10.3. The van der Waals surface area contributed by atoms with Crippen LogP contribution in [-0.4, -0.2) is 24.1 Å². The van der Waals surface area contributed by atoms with Crippen LogP contribution in [0.25, 0.3) is 0 Å². The summed E-state index contributed by atoms with van der Waals surface area (Å²) in [6.07, 6.45) is 0.883. The van der Waals surface area contributed by atoms with Gasteiger partial charge in [0, 0.05) is 11.6 Å². The minimum Gasteiger partial charge on any atom is -0.507 e. The third kappa shape index (κ3) is 3.79. The average Bonchev–Trinajstić information content (AvgIpc) is 2.53. The van der Waals surface area contributed by atoms with Crippen LogP contribution < -0.4 is 9.47 Å². The molecule has 0 aliphatic rings. The van der Waals surface area contributed by atoms with Crippen molar-refractivity contribution >= 4 is 5.78 Å². The number of hydrogen-bond donors (Lipinski definition) is 1. The molecule has 0 aromatic heterocycles. The fourth-order valence-corrected chi connectivity index (χ4v) is 2.04. The summed E-state index contributed by atoms with van der Waals surface area (Å²) >= 11 is 0. The smallest absolute Gasteiger partial charge is 0.196 e. The Hall–Kier alpha value is -2.49. The zero-order valence-corrected chi connectivity index (χ0v) is 12.8. The van der Waals surface area contributed by atoms with Gasteiger partial charge in [-0.2, -0.15) is 0 Å². The number of hydrogen-bond acceptors (Lipinski definition) is 4. The predicted octanol–water partition coefficient (Wildman–Crippen LogP) is 3.81. The number of phenols is 1. The Balaban J connectivity index is 2.18. The lowest BCUT2D eigenvalue weighted by molar-refractivity contribution is 0.103. The van der Waals surface area contributed by atoms with Crippen LogP contribution in [0.4, 0.5) is 0 Å². The quantitative estimate of drug-likeness (QED) is 0.790. The van der Waals surface area contributed by atoms with Crippen LogP contribution in [0.5, 0.6) is 17.2 Å². The van der Waals surface area contributed by atoms with Gasteiger partial charge in [-0.3, -0.25) is 4.79 Å². The number of aromatic hydroxyl groups is 1. The minimum atomic E-state index is -0.234. The van der Waals surface area contributed by atoms with E-state index in [0.717, 1.165) is 6.42 Å². The van der Waals surface area contributed by atoms with E-state index in [9.17, 15) is 9.90 Å². The van der Waals surface area contributed by atoms with Gasteiger partial charge in [-0.25, -0.2) is 0 Å². The highest BCUT2D eigenvalue weighted by Crippen LogP contribution is 2.26. The van der Waals surface area contributed by atoms with Gasteiger partial charge in [0.2, 0.25) is 0 Å². The Kier molecular flexibility index (Phi) is 5.42. The number of carbonyl (C=O) groups is 1. The first-order valence-corrected chi connectivity index (χ1v) is 7.39. The molecule has 0 amide bonds. The van der Waals surface area contributed by atoms with Crippen LogP contribution >= 0.6 is 0 Å². The fourth-order valence-electron chi connectivity index (χ4n) is 2.04. The average molecular weight is 300 g/mol. The maximum atomic E-state index is 12.4. The van der Waals surface area contributed by atoms with Crippen molar-refractivity contribution in [1.82, 2.24) is 0 Å². The Morgan fingerprint density at radius 3 is 2.27 bits per heavy atom. The predicted molar refractivity (Wildman–Crippen MR) is 84.9 cm³/mol. The van der Waals surface area contributed by atoms with Crippen LogP contribution in [0.1, 0.15) is 36.2 Å². The van der Waals surface area contributed by atoms with Gasteiger partial charge in [0.15, 0.2) is 5.78 Å². The molecule has 0 unspecified atom stereocenters. The van der Waals surface area contributed by atoms with Crippen LogP contribution in [0.15, 0.2) is 42.5 Å². The van der Waals surface area contributed by atoms with Gasteiger partial charge >= 0.3 is 0 Å². The highest BCUT2D eigenvalue weighted by molar-refractivity contribution is 6.10. The largest absolute Gasteiger partial charge is 0.507 e. The Morgan fingerprint density at radius 2 is 1.68 bits per heavy atom. The van der Waals surface area contributed by atoms with Crippen LogP contribution in [0, 0.1) is 0 Å². The summed E-state index contributed by atoms with van der Waals surface area (Å²) in [5.41, 5.74) is 0.758. The first-order valence-electron chi connectivity index (χ1n) is 7.39. The van der Waals surface area contributed by atoms with E-state index in [4.69, 9.17) is 9.47 Å². The third-order valence-corrected chi connectivity index (χ3v) is 3.11. The summed E-state index contributed by atoms with van der Waals surface area (Å²) in [6, 6.07) is 11.6. The lowest BCUT2D eigenvalue weighted by Crippen LogP contribution is -2.03. The molecule has 22 heavy (non-hydrogen) atoms. The second-order valence-electron chi connectivity index (χ2n) is 4.81. The molecular weight excluding hydrogens is 280 g/mol. The van der Waals surface area contributed by atoms with Crippen molar-refractivity contribution in [2.75, 3.05) is 13.2 Å². The first kappa shape index (κ1) is 15.9. The van der Waals surface area contributed by atoms with E-state index in [2.05, 4.69) is 0 Å². The monoisotopic (exact) mass is 300 g/mol. The standard InChI is InChI=1S/C18H20O4/c1-3-11-22-15-9-10-16(17(19)12-15)18(20)13-5-7-14(8-6-13)21-4-2/h5-10,12,19H,3-4,11H2,1-2H3. The van der Waals surface area contributed by atoms with Crippen molar-refractivity contribution in [2.24, 2.45) is 0 Å². The van der Waals surface area contributed by atoms with Crippen molar-refractivity contribution in [2.45, 2.75) is 20.3 Å². The van der Waals surface area contributed by atoms with E-state index in [1.807, 2.05) is 13.8 Å². The van der Waals surface area contributed by atoms with Gasteiger partial charge in [0.1, 0.15) is 17.2 Å². The fraction of sp³-hybridized carbons (Fsp3) is 0.278. The number of ketones is 1. The molecule has 0 saturated carbocycles. The van der Waals surface area contributed by atoms with Gasteiger partial charge < -0.3 is 14.6 Å². The maximum absolute atomic E-state index is 12.4. The topological polar surface area (TPSA) is 55.8 Å². The van der Waals surface area contributed by atoms with E-state index in [-0.39, 0.29) is 17.1 Å². The van der Waals surface area contributed by atoms with Crippen molar-refractivity contribution in [3.05, 3.63) is 53.6 Å². The minimum absolute atomic E-state index is 0.0764. The second-order valence-corrected chi connectivity index (χ2v) is 4.81. The number of benzene rings is 2. The summed E-state index contributed by atoms with van der Waals surface area (Å²) in [5.74, 6) is 0.962. The molecule has 4 nitrogen and oxygen atoms in total. The molecule has 0 aliphatic heterocycles. The first-order chi connectivity index (χ1) is 10.7. The molecule has 0 aliphatic carbocycles. The second kappa shape index (κ2) is 7.50. The van der Waals surface area contributed by atoms with Crippen LogP contribution in [0.2, 0.25) is 0 Å². The van der Waals surface area contributed by atoms with Crippen molar-refractivity contribution in [3.8, 4) is 17.2 Å². The maximum Gasteiger partial charge on any atom is 0.196 e. The molecule has 0 saturated heterocycles. The molecule has 2 aromatic rings. The molecule has 2 rings (SSSR count). The number of rotatable bonds is 7.